The minimum Gasteiger partial charge on any atom is -0.497 e. The van der Waals surface area contributed by atoms with E-state index in [-0.39, 0.29) is 12.5 Å². The Kier molecular flexibility index (Phi) is 9.36. The summed E-state index contributed by atoms with van der Waals surface area (Å²) in [5.41, 5.74) is 2.85. The number of benzene rings is 2. The first-order chi connectivity index (χ1) is 19.1. The van der Waals surface area contributed by atoms with Crippen molar-refractivity contribution in [1.29, 1.82) is 0 Å². The first kappa shape index (κ1) is 29.4. The third-order valence-corrected chi connectivity index (χ3v) is 7.84. The molecular weight excluding hydrogens is 540 g/mol. The van der Waals surface area contributed by atoms with Crippen LogP contribution < -0.4 is 4.74 Å². The molecule has 0 amide bonds. The monoisotopic (exact) mass is 572 g/mol. The van der Waals surface area contributed by atoms with Gasteiger partial charge in [0, 0.05) is 44.3 Å². The average Bonchev–Trinajstić information content (AvgIpc) is 3.32. The molecular formula is C29H32O10S. The average molecular weight is 573 g/mol. The van der Waals surface area contributed by atoms with E-state index < -0.39 is 54.4 Å². The normalized spacial score (nSPS) is 25.3. The molecule has 0 spiro atoms. The van der Waals surface area contributed by atoms with Crippen LogP contribution in [0.15, 0.2) is 47.4 Å². The van der Waals surface area contributed by atoms with Gasteiger partial charge in [-0.3, -0.25) is 19.2 Å². The molecule has 4 rings (SSSR count). The number of carbonyl (C=O) groups is 4. The fourth-order valence-corrected chi connectivity index (χ4v) is 6.27. The van der Waals surface area contributed by atoms with E-state index in [1.807, 2.05) is 42.5 Å². The molecule has 0 saturated carbocycles. The molecule has 0 aromatic heterocycles. The molecule has 2 aliphatic heterocycles. The summed E-state index contributed by atoms with van der Waals surface area (Å²) in [5.74, 6) is -0.846. The highest BCUT2D eigenvalue weighted by atomic mass is 32.2. The predicted molar refractivity (Wildman–Crippen MR) is 143 cm³/mol. The second-order valence-corrected chi connectivity index (χ2v) is 10.6. The number of esters is 4. The van der Waals surface area contributed by atoms with Gasteiger partial charge in [-0.2, -0.15) is 0 Å². The lowest BCUT2D eigenvalue weighted by molar-refractivity contribution is -0.254. The molecule has 2 aromatic carbocycles. The van der Waals surface area contributed by atoms with Crippen molar-refractivity contribution in [3.8, 4) is 5.75 Å². The summed E-state index contributed by atoms with van der Waals surface area (Å²) in [6.07, 6.45) is -5.49. The van der Waals surface area contributed by atoms with Crippen molar-refractivity contribution < 1.29 is 47.6 Å². The van der Waals surface area contributed by atoms with E-state index in [2.05, 4.69) is 0 Å². The van der Waals surface area contributed by atoms with Gasteiger partial charge in [-0.05, 0) is 34.9 Å². The summed E-state index contributed by atoms with van der Waals surface area (Å²) < 4.78 is 33.6. The van der Waals surface area contributed by atoms with Crippen molar-refractivity contribution in [1.82, 2.24) is 0 Å². The van der Waals surface area contributed by atoms with Gasteiger partial charge < -0.3 is 28.4 Å². The highest BCUT2D eigenvalue weighted by Crippen LogP contribution is 2.46. The minimum absolute atomic E-state index is 0.0940. The van der Waals surface area contributed by atoms with Crippen LogP contribution in [0.2, 0.25) is 0 Å². The minimum atomic E-state index is -1.22. The van der Waals surface area contributed by atoms with Gasteiger partial charge >= 0.3 is 23.9 Å². The van der Waals surface area contributed by atoms with Crippen molar-refractivity contribution in [3.63, 3.8) is 0 Å². The maximum Gasteiger partial charge on any atom is 0.303 e. The Labute approximate surface area is 236 Å². The third kappa shape index (κ3) is 6.76. The number of rotatable bonds is 8. The number of ether oxygens (including phenoxy) is 6. The van der Waals surface area contributed by atoms with E-state index in [0.717, 1.165) is 27.5 Å². The van der Waals surface area contributed by atoms with Gasteiger partial charge in [0.25, 0.3) is 0 Å². The predicted octanol–water partition coefficient (Wildman–Crippen LogP) is 3.73. The molecule has 11 heteroatoms. The Balaban J connectivity index is 1.76. The molecule has 0 aliphatic carbocycles. The van der Waals surface area contributed by atoms with Gasteiger partial charge in [0.2, 0.25) is 0 Å². The number of carbonyl (C=O) groups excluding carboxylic acids is 4. The van der Waals surface area contributed by atoms with Crippen LogP contribution in [0.1, 0.15) is 56.4 Å². The van der Waals surface area contributed by atoms with E-state index in [1.54, 1.807) is 18.9 Å². The number of hydrogen-bond donors (Lipinski definition) is 0. The lowest BCUT2D eigenvalue weighted by Crippen LogP contribution is -2.59. The maximum atomic E-state index is 12.2. The Morgan fingerprint density at radius 1 is 0.800 bits per heavy atom. The zero-order valence-corrected chi connectivity index (χ0v) is 23.7. The molecule has 0 N–H and O–H groups in total. The van der Waals surface area contributed by atoms with Crippen molar-refractivity contribution in [2.45, 2.75) is 69.0 Å². The van der Waals surface area contributed by atoms with Crippen LogP contribution in [0.25, 0.3) is 0 Å². The topological polar surface area (TPSA) is 124 Å². The van der Waals surface area contributed by atoms with E-state index >= 15 is 0 Å². The Bertz CT molecular complexity index is 1260. The zero-order chi connectivity index (χ0) is 29.0. The Hall–Kier alpha value is -3.57. The second kappa shape index (κ2) is 12.7. The first-order valence-electron chi connectivity index (χ1n) is 12.8. The lowest BCUT2D eigenvalue weighted by atomic mass is 9.87. The summed E-state index contributed by atoms with van der Waals surface area (Å²) in [7, 11) is 1.62. The number of fused-ring (bicyclic) bond motifs is 1. The molecule has 2 aromatic rings. The maximum absolute atomic E-state index is 12.2. The summed E-state index contributed by atoms with van der Waals surface area (Å²) >= 11 is 1.73. The van der Waals surface area contributed by atoms with Crippen LogP contribution in [0.4, 0.5) is 0 Å². The Morgan fingerprint density at radius 3 is 2.00 bits per heavy atom. The van der Waals surface area contributed by atoms with E-state index in [0.29, 0.717) is 5.56 Å². The quantitative estimate of drug-likeness (QED) is 0.339. The molecule has 1 saturated heterocycles. The van der Waals surface area contributed by atoms with Crippen molar-refractivity contribution in [3.05, 3.63) is 59.2 Å². The highest BCUT2D eigenvalue weighted by Gasteiger charge is 2.52. The first-order valence-corrected chi connectivity index (χ1v) is 13.8. The molecule has 40 heavy (non-hydrogen) atoms. The standard InChI is InChI=1S/C29H32O10S/c1-15(30)35-13-24-27(36-16(2)31)29(38-18(4)33)28(37-17(3)32)26(39-24)20-8-11-25-22(12-20)23(14-40-25)19-6-9-21(34-5)10-7-19/h6-12,23-24,26-29H,13-14H2,1-5H3/t23-,24?,26?,27?,28?,29?/m0/s1. The van der Waals surface area contributed by atoms with Crippen LogP contribution in [0.5, 0.6) is 5.75 Å². The third-order valence-electron chi connectivity index (χ3n) is 6.65. The van der Waals surface area contributed by atoms with Gasteiger partial charge in [0.05, 0.1) is 7.11 Å². The van der Waals surface area contributed by atoms with E-state index in [4.69, 9.17) is 28.4 Å². The van der Waals surface area contributed by atoms with Crippen molar-refractivity contribution in [2.75, 3.05) is 19.5 Å². The summed E-state index contributed by atoms with van der Waals surface area (Å²) in [6, 6.07) is 13.7. The number of hydrogen-bond acceptors (Lipinski definition) is 11. The van der Waals surface area contributed by atoms with E-state index in [1.165, 1.54) is 27.7 Å². The largest absolute Gasteiger partial charge is 0.497 e. The summed E-state index contributed by atoms with van der Waals surface area (Å²) in [6.45, 7) is 4.59. The zero-order valence-electron chi connectivity index (χ0n) is 22.9. The molecule has 0 bridgehead atoms. The lowest BCUT2D eigenvalue weighted by Gasteiger charge is -2.44. The van der Waals surface area contributed by atoms with Crippen LogP contribution in [-0.4, -0.2) is 67.8 Å². The highest BCUT2D eigenvalue weighted by molar-refractivity contribution is 7.99. The van der Waals surface area contributed by atoms with Gasteiger partial charge in [-0.1, -0.05) is 24.3 Å². The fraction of sp³-hybridized carbons (Fsp3) is 0.448. The summed E-state index contributed by atoms with van der Waals surface area (Å²) in [5, 5.41) is 0. The second-order valence-electron chi connectivity index (χ2n) is 9.55. The number of methoxy groups -OCH3 is 1. The van der Waals surface area contributed by atoms with Crippen LogP contribution in [0.3, 0.4) is 0 Å². The summed E-state index contributed by atoms with van der Waals surface area (Å²) in [4.78, 5) is 49.1. The van der Waals surface area contributed by atoms with E-state index in [9.17, 15) is 19.2 Å². The molecule has 10 nitrogen and oxygen atoms in total. The van der Waals surface area contributed by atoms with Gasteiger partial charge in [0.15, 0.2) is 18.3 Å². The molecule has 2 heterocycles. The smallest absolute Gasteiger partial charge is 0.303 e. The Morgan fingerprint density at radius 2 is 1.40 bits per heavy atom. The molecule has 6 atom stereocenters. The molecule has 1 fully saturated rings. The van der Waals surface area contributed by atoms with Crippen molar-refractivity contribution >= 4 is 35.6 Å². The van der Waals surface area contributed by atoms with Crippen LogP contribution in [0, 0.1) is 0 Å². The van der Waals surface area contributed by atoms with Crippen LogP contribution >= 0.6 is 11.8 Å². The molecule has 5 unspecified atom stereocenters. The fourth-order valence-electron chi connectivity index (χ4n) is 5.02. The SMILES string of the molecule is COc1ccc([C@@H]2CSc3ccc(C4OC(COC(C)=O)C(OC(C)=O)C(OC(C)=O)C4OC(C)=O)cc32)cc1. The number of thioether (sulfide) groups is 1. The van der Waals surface area contributed by atoms with Crippen LogP contribution in [-0.2, 0) is 42.9 Å². The van der Waals surface area contributed by atoms with Gasteiger partial charge in [-0.25, -0.2) is 0 Å². The van der Waals surface area contributed by atoms with Gasteiger partial charge in [0.1, 0.15) is 24.6 Å². The molecule has 214 valence electrons. The van der Waals surface area contributed by atoms with Crippen molar-refractivity contribution in [2.24, 2.45) is 0 Å². The molecule has 0 radical (unpaired) electrons. The van der Waals surface area contributed by atoms with Gasteiger partial charge in [-0.15, -0.1) is 11.8 Å². The molecule has 2 aliphatic rings.